The fourth-order valence-corrected chi connectivity index (χ4v) is 16.5. The number of carbonyl (C=O) groups excluding carboxylic acids is 6. The third-order valence-corrected chi connectivity index (χ3v) is 27.2. The Hall–Kier alpha value is -5.45. The number of amides is 1. The second-order valence-corrected chi connectivity index (χ2v) is 33.3. The smallest absolute Gasteiger partial charge is 0.341 e. The Morgan fingerprint density at radius 1 is 0.846 bits per heavy atom. The van der Waals surface area contributed by atoms with E-state index in [1.807, 2.05) is 54.6 Å². The normalized spacial score (nSPS) is 28.5. The molecular formula is C59H77F2NO14Si2. The molecule has 3 aliphatic carbocycles. The van der Waals surface area contributed by atoms with E-state index in [-0.39, 0.29) is 24.2 Å². The molecule has 1 saturated heterocycles. The summed E-state index contributed by atoms with van der Waals surface area (Å²) in [6.07, 6.45) is -9.75. The first-order valence-corrected chi connectivity index (χ1v) is 32.4. The molecule has 3 aromatic carbocycles. The van der Waals surface area contributed by atoms with Gasteiger partial charge in [0.15, 0.2) is 51.9 Å². The van der Waals surface area contributed by atoms with Gasteiger partial charge in [0, 0.05) is 37.7 Å². The molecule has 1 aliphatic heterocycles. The molecule has 78 heavy (non-hydrogen) atoms. The third-order valence-electron chi connectivity index (χ3n) is 18.1. The first-order valence-electron chi connectivity index (χ1n) is 27.0. The molecule has 2 saturated carbocycles. The van der Waals surface area contributed by atoms with E-state index in [1.54, 1.807) is 88.4 Å². The molecule has 1 amide bonds. The first-order chi connectivity index (χ1) is 36.4. The Morgan fingerprint density at radius 2 is 1.45 bits per heavy atom. The van der Waals surface area contributed by atoms with Gasteiger partial charge in [-0.15, -0.1) is 0 Å². The van der Waals surface area contributed by atoms with E-state index in [4.69, 9.17) is 32.5 Å². The number of benzene rings is 3. The van der Waals surface area contributed by atoms with Crippen LogP contribution in [0.4, 0.5) is 8.78 Å². The summed E-state index contributed by atoms with van der Waals surface area (Å²) < 4.78 is 77.3. The van der Waals surface area contributed by atoms with Crippen LogP contribution in [0.1, 0.15) is 128 Å². The zero-order valence-corrected chi connectivity index (χ0v) is 49.4. The van der Waals surface area contributed by atoms with E-state index in [0.29, 0.717) is 29.3 Å². The Balaban J connectivity index is 1.51. The van der Waals surface area contributed by atoms with Crippen LogP contribution < -0.4 is 5.32 Å². The van der Waals surface area contributed by atoms with E-state index in [2.05, 4.69) is 5.32 Å². The van der Waals surface area contributed by atoms with Gasteiger partial charge in [0.05, 0.1) is 35.6 Å². The molecular weight excluding hydrogens is 1040 g/mol. The van der Waals surface area contributed by atoms with Gasteiger partial charge < -0.3 is 43.0 Å². The van der Waals surface area contributed by atoms with E-state index in [9.17, 15) is 24.3 Å². The van der Waals surface area contributed by atoms with Crippen LogP contribution in [-0.2, 0) is 51.7 Å². The number of fused-ring (bicyclic) bond motifs is 5. The van der Waals surface area contributed by atoms with Crippen LogP contribution in [0.3, 0.4) is 0 Å². The van der Waals surface area contributed by atoms with Gasteiger partial charge >= 0.3 is 23.9 Å². The van der Waals surface area contributed by atoms with Crippen molar-refractivity contribution in [3.05, 3.63) is 118 Å². The number of hydrogen-bond acceptors (Lipinski definition) is 14. The van der Waals surface area contributed by atoms with Crippen LogP contribution in [0.5, 0.6) is 0 Å². The monoisotopic (exact) mass is 1120 g/mol. The molecule has 0 radical (unpaired) electrons. The van der Waals surface area contributed by atoms with Crippen LogP contribution in [0.15, 0.2) is 90.0 Å². The van der Waals surface area contributed by atoms with Gasteiger partial charge in [-0.2, -0.15) is 0 Å². The van der Waals surface area contributed by atoms with Gasteiger partial charge in [0.25, 0.3) is 5.91 Å². The van der Waals surface area contributed by atoms with Gasteiger partial charge in [-0.3, -0.25) is 19.2 Å². The highest BCUT2D eigenvalue weighted by atomic mass is 28.4. The lowest BCUT2D eigenvalue weighted by atomic mass is 9.44. The second-order valence-electron chi connectivity index (χ2n) is 23.8. The summed E-state index contributed by atoms with van der Waals surface area (Å²) in [6.45, 7) is 24.0. The summed E-state index contributed by atoms with van der Waals surface area (Å²) in [6, 6.07) is 20.8. The fraction of sp³-hybridized carbons (Fsp3) is 0.559. The minimum Gasteiger partial charge on any atom is -0.456 e. The van der Waals surface area contributed by atoms with Crippen molar-refractivity contribution in [3.63, 3.8) is 0 Å². The number of halogens is 2. The maximum Gasteiger partial charge on any atom is 0.341 e. The Kier molecular flexibility index (Phi) is 17.2. The number of carbonyl (C=O) groups is 6. The number of aliphatic hydroxyl groups is 1. The summed E-state index contributed by atoms with van der Waals surface area (Å²) in [5.41, 5.74) is -8.09. The van der Waals surface area contributed by atoms with Crippen molar-refractivity contribution in [1.82, 2.24) is 5.32 Å². The number of ketones is 1. The molecule has 11 atom stereocenters. The zero-order chi connectivity index (χ0) is 57.7. The summed E-state index contributed by atoms with van der Waals surface area (Å²) in [7, 11) is -5.76. The van der Waals surface area contributed by atoms with Crippen molar-refractivity contribution < 1.29 is 75.2 Å². The van der Waals surface area contributed by atoms with Crippen molar-refractivity contribution >= 4 is 52.2 Å². The van der Waals surface area contributed by atoms with Crippen molar-refractivity contribution in [2.45, 2.75) is 186 Å². The highest BCUT2D eigenvalue weighted by molar-refractivity contribution is 6.74. The maximum atomic E-state index is 16.6. The van der Waals surface area contributed by atoms with Crippen LogP contribution in [0, 0.1) is 28.4 Å². The van der Waals surface area contributed by atoms with Gasteiger partial charge in [0.1, 0.15) is 23.9 Å². The average molecular weight is 1120 g/mol. The molecule has 7 rings (SSSR count). The fourth-order valence-electron chi connectivity index (χ4n) is 12.3. The number of esters is 4. The molecule has 2 bridgehead atoms. The maximum absolute atomic E-state index is 16.6. The first kappa shape index (κ1) is 60.2. The largest absolute Gasteiger partial charge is 0.456 e. The van der Waals surface area contributed by atoms with Gasteiger partial charge in [-0.05, 0) is 91.1 Å². The van der Waals surface area contributed by atoms with E-state index in [1.165, 1.54) is 0 Å². The van der Waals surface area contributed by atoms with E-state index >= 15 is 18.4 Å². The molecule has 19 heteroatoms. The van der Waals surface area contributed by atoms with Gasteiger partial charge in [-0.1, -0.05) is 110 Å². The number of Topliss-reactive ketones (excluding diaryl/α,β-unsaturated/α-hetero) is 1. The number of rotatable bonds is 17. The topological polar surface area (TPSA) is 199 Å². The van der Waals surface area contributed by atoms with Crippen LogP contribution in [0.25, 0.3) is 0 Å². The minimum atomic E-state index is -3.01. The number of hydrogen-bond donors (Lipinski definition) is 2. The summed E-state index contributed by atoms with van der Waals surface area (Å²) in [5.74, 6) is -9.96. The number of nitrogens with one attached hydrogen (secondary N) is 1. The van der Waals surface area contributed by atoms with Crippen molar-refractivity contribution in [3.8, 4) is 0 Å². The van der Waals surface area contributed by atoms with Gasteiger partial charge in [0.2, 0.25) is 0 Å². The lowest BCUT2D eigenvalue weighted by molar-refractivity contribution is -0.344. The SMILES string of the molecule is CC[Si](CC)(CC)O[C@H]1C[C@H]2OC[C@@]2(OC(C)=O)[C@H]2[C@H](OC(=O)c3cccc(F)c3F)[C@]3(O)C[C@H](OC(=O)[C@H](O[Si](C)(C)C(C)(C)C)[C@@H](NC(=O)c4ccccc4)c4ccccc4)C(C)=C([C@@H](OC(C)=O)C(=O)[C@]12C)C3(C)C. The number of ether oxygens (including phenoxy) is 5. The van der Waals surface area contributed by atoms with Crippen LogP contribution in [-0.4, -0.2) is 112 Å². The van der Waals surface area contributed by atoms with Crippen molar-refractivity contribution in [2.75, 3.05) is 6.61 Å². The molecule has 0 unspecified atom stereocenters. The van der Waals surface area contributed by atoms with Crippen molar-refractivity contribution in [2.24, 2.45) is 16.7 Å². The zero-order valence-electron chi connectivity index (χ0n) is 47.4. The Bertz CT molecular complexity index is 2810. The molecule has 1 heterocycles. The highest BCUT2D eigenvalue weighted by Crippen LogP contribution is 2.65. The predicted octanol–water partition coefficient (Wildman–Crippen LogP) is 10.1. The van der Waals surface area contributed by atoms with E-state index in [0.717, 1.165) is 32.0 Å². The quantitative estimate of drug-likeness (QED) is 0.0560. The van der Waals surface area contributed by atoms with Crippen molar-refractivity contribution in [1.29, 1.82) is 0 Å². The predicted molar refractivity (Wildman–Crippen MR) is 290 cm³/mol. The average Bonchev–Trinajstić information content (AvgIpc) is 3.19. The standard InChI is InChI=1S/C59H77F2NO14Si2/c1-15-78(16-2,17-3)75-42-31-43-58(33-70-43,74-36(6)64)49-51(73-53(67)39-29-24-30-40(60)45(39)61)59(69)32-41(34(4)44(56(59,10)11)47(71-35(5)63)50(65)57(42,49)12)72-54(68)48(76-77(13,14)55(7,8)9)46(37-25-20-18-21-26-37)62-52(66)38-27-22-19-23-28-38/h18-30,41-43,46-49,51,69H,15-17,31-33H2,1-14H3,(H,62,66)/t41-,42-,43+,46-,47+,48+,49-,51-,57+,58-,59+/m0/s1. The summed E-state index contributed by atoms with van der Waals surface area (Å²) in [5, 5.41) is 16.9. The second kappa shape index (κ2) is 22.2. The molecule has 15 nitrogen and oxygen atoms in total. The molecule has 4 aliphatic rings. The third kappa shape index (κ3) is 10.6. The lowest BCUT2D eigenvalue weighted by Gasteiger charge is -2.68. The molecule has 3 aromatic rings. The Morgan fingerprint density at radius 3 is 1.99 bits per heavy atom. The molecule has 2 N–H and O–H groups in total. The molecule has 0 spiro atoms. The van der Waals surface area contributed by atoms with Gasteiger partial charge in [-0.25, -0.2) is 18.4 Å². The molecule has 3 fully saturated rings. The minimum absolute atomic E-state index is 0.00279. The Labute approximate surface area is 458 Å². The summed E-state index contributed by atoms with van der Waals surface area (Å²) in [4.78, 5) is 88.5. The highest BCUT2D eigenvalue weighted by Gasteiger charge is 2.79. The van der Waals surface area contributed by atoms with E-state index < -0.39 is 151 Å². The molecule has 0 aromatic heterocycles. The van der Waals surface area contributed by atoms with Crippen LogP contribution in [0.2, 0.25) is 36.3 Å². The molecule has 424 valence electrons. The lowest BCUT2D eigenvalue weighted by Crippen LogP contribution is -2.82. The summed E-state index contributed by atoms with van der Waals surface area (Å²) >= 11 is 0. The van der Waals surface area contributed by atoms with Crippen LogP contribution >= 0.6 is 0 Å².